The van der Waals surface area contributed by atoms with Gasteiger partial charge in [0.25, 0.3) is 0 Å². The third kappa shape index (κ3) is 5.60. The molecule has 0 bridgehead atoms. The Balaban J connectivity index is 0.000000360. The first kappa shape index (κ1) is 23.2. The number of imidazole rings is 1. The highest BCUT2D eigenvalue weighted by atomic mass is 19.4. The van der Waals surface area contributed by atoms with Crippen LogP contribution < -0.4 is 9.47 Å². The van der Waals surface area contributed by atoms with Crippen LogP contribution in [-0.4, -0.2) is 41.0 Å². The highest BCUT2D eigenvalue weighted by Crippen LogP contribution is 2.45. The molecule has 170 valence electrons. The molecule has 0 aliphatic heterocycles. The van der Waals surface area contributed by atoms with Crippen molar-refractivity contribution in [1.29, 1.82) is 0 Å². The van der Waals surface area contributed by atoms with Crippen molar-refractivity contribution in [1.82, 2.24) is 9.55 Å². The van der Waals surface area contributed by atoms with Gasteiger partial charge in [-0.15, -0.1) is 0 Å². The fourth-order valence-corrected chi connectivity index (χ4v) is 3.32. The average Bonchev–Trinajstić information content (AvgIpc) is 3.53. The number of ether oxygens (including phenoxy) is 2. The lowest BCUT2D eigenvalue weighted by atomic mass is 10.1. The highest BCUT2D eigenvalue weighted by Gasteiger charge is 2.38. The molecule has 0 atom stereocenters. The Bertz CT molecular complexity index is 1080. The van der Waals surface area contributed by atoms with E-state index >= 15 is 0 Å². The van der Waals surface area contributed by atoms with Crippen molar-refractivity contribution in [2.45, 2.75) is 31.5 Å². The molecule has 32 heavy (non-hydrogen) atoms. The van der Waals surface area contributed by atoms with Crippen LogP contribution in [0, 0.1) is 0 Å². The molecule has 1 N–H and O–H groups in total. The maximum Gasteiger partial charge on any atom is 0.490 e. The summed E-state index contributed by atoms with van der Waals surface area (Å²) in [5, 5.41) is 7.12. The van der Waals surface area contributed by atoms with Gasteiger partial charge >= 0.3 is 12.1 Å². The minimum atomic E-state index is -5.08. The van der Waals surface area contributed by atoms with Gasteiger partial charge in [-0.1, -0.05) is 24.3 Å². The number of methoxy groups -OCH3 is 2. The Morgan fingerprint density at radius 3 is 2.41 bits per heavy atom. The summed E-state index contributed by atoms with van der Waals surface area (Å²) in [5.74, 6) is -0.410. The SMILES string of the molecule is COc1cccc(Cn2cnc(-c3ccccc3OC)c2C2CC2)c1.O=C(O)C(F)(F)F. The van der Waals surface area contributed by atoms with Crippen molar-refractivity contribution < 1.29 is 32.5 Å². The van der Waals surface area contributed by atoms with Crippen LogP contribution in [0.2, 0.25) is 0 Å². The van der Waals surface area contributed by atoms with E-state index in [0.717, 1.165) is 29.3 Å². The van der Waals surface area contributed by atoms with Gasteiger partial charge < -0.3 is 19.1 Å². The molecule has 1 aliphatic rings. The van der Waals surface area contributed by atoms with Gasteiger partial charge in [-0.05, 0) is 42.7 Å². The Hall–Kier alpha value is -3.49. The van der Waals surface area contributed by atoms with Gasteiger partial charge in [0.05, 0.1) is 26.2 Å². The summed E-state index contributed by atoms with van der Waals surface area (Å²) in [4.78, 5) is 13.6. The van der Waals surface area contributed by atoms with Crippen molar-refractivity contribution in [2.75, 3.05) is 14.2 Å². The summed E-state index contributed by atoms with van der Waals surface area (Å²) in [6, 6.07) is 16.3. The number of halogens is 3. The van der Waals surface area contributed by atoms with E-state index in [0.29, 0.717) is 5.92 Å². The van der Waals surface area contributed by atoms with E-state index in [4.69, 9.17) is 24.4 Å². The minimum Gasteiger partial charge on any atom is -0.497 e. The number of aromatic nitrogens is 2. The second kappa shape index (κ2) is 9.76. The van der Waals surface area contributed by atoms with Crippen molar-refractivity contribution >= 4 is 5.97 Å². The normalized spacial score (nSPS) is 13.2. The molecule has 0 saturated heterocycles. The monoisotopic (exact) mass is 448 g/mol. The molecule has 1 fully saturated rings. The first-order chi connectivity index (χ1) is 15.2. The molecule has 0 amide bonds. The predicted molar refractivity (Wildman–Crippen MR) is 112 cm³/mol. The van der Waals surface area contributed by atoms with E-state index in [1.165, 1.54) is 24.1 Å². The number of hydrogen-bond acceptors (Lipinski definition) is 4. The zero-order chi connectivity index (χ0) is 23.3. The van der Waals surface area contributed by atoms with Crippen molar-refractivity contribution in [3.8, 4) is 22.8 Å². The molecule has 3 aromatic rings. The molecule has 9 heteroatoms. The van der Waals surface area contributed by atoms with Gasteiger partial charge in [0.2, 0.25) is 0 Å². The summed E-state index contributed by atoms with van der Waals surface area (Å²) < 4.78 is 44.9. The first-order valence-electron chi connectivity index (χ1n) is 9.86. The van der Waals surface area contributed by atoms with Gasteiger partial charge in [-0.25, -0.2) is 9.78 Å². The number of aliphatic carboxylic acids is 1. The van der Waals surface area contributed by atoms with Crippen molar-refractivity contribution in [2.24, 2.45) is 0 Å². The topological polar surface area (TPSA) is 73.6 Å². The number of hydrogen-bond donors (Lipinski definition) is 1. The number of alkyl halides is 3. The Morgan fingerprint density at radius 2 is 1.81 bits per heavy atom. The van der Waals surface area contributed by atoms with E-state index in [-0.39, 0.29) is 0 Å². The quantitative estimate of drug-likeness (QED) is 0.566. The van der Waals surface area contributed by atoms with E-state index < -0.39 is 12.1 Å². The summed E-state index contributed by atoms with van der Waals surface area (Å²) >= 11 is 0. The molecule has 1 aliphatic carbocycles. The third-order valence-corrected chi connectivity index (χ3v) is 4.93. The van der Waals surface area contributed by atoms with Crippen molar-refractivity contribution in [3.05, 3.63) is 66.1 Å². The van der Waals surface area contributed by atoms with Crippen LogP contribution in [0.3, 0.4) is 0 Å². The second-order valence-electron chi connectivity index (χ2n) is 7.24. The van der Waals surface area contributed by atoms with E-state index in [1.807, 2.05) is 36.7 Å². The lowest BCUT2D eigenvalue weighted by molar-refractivity contribution is -0.192. The van der Waals surface area contributed by atoms with Gasteiger partial charge in [-0.3, -0.25) is 0 Å². The number of carboxylic acids is 1. The number of nitrogens with zero attached hydrogens (tertiary/aromatic N) is 2. The lowest BCUT2D eigenvalue weighted by Gasteiger charge is -2.12. The first-order valence-corrected chi connectivity index (χ1v) is 9.86. The van der Waals surface area contributed by atoms with E-state index in [2.05, 4.69) is 22.8 Å². The lowest BCUT2D eigenvalue weighted by Crippen LogP contribution is -2.21. The molecule has 2 aromatic carbocycles. The van der Waals surface area contributed by atoms with E-state index in [1.54, 1.807) is 14.2 Å². The number of benzene rings is 2. The molecular formula is C23H23F3N2O4. The van der Waals surface area contributed by atoms with Crippen LogP contribution in [0.5, 0.6) is 11.5 Å². The smallest absolute Gasteiger partial charge is 0.490 e. The van der Waals surface area contributed by atoms with Crippen LogP contribution in [-0.2, 0) is 11.3 Å². The molecule has 0 spiro atoms. The second-order valence-corrected chi connectivity index (χ2v) is 7.24. The zero-order valence-corrected chi connectivity index (χ0v) is 17.6. The minimum absolute atomic E-state index is 0.591. The molecule has 4 rings (SSSR count). The summed E-state index contributed by atoms with van der Waals surface area (Å²) in [6.45, 7) is 0.797. The molecule has 0 radical (unpaired) electrons. The van der Waals surface area contributed by atoms with Gasteiger partial charge in [-0.2, -0.15) is 13.2 Å². The molecule has 1 heterocycles. The van der Waals surface area contributed by atoms with E-state index in [9.17, 15) is 13.2 Å². The number of rotatable bonds is 6. The number of carboxylic acid groups (broad SMARTS) is 1. The zero-order valence-electron chi connectivity index (χ0n) is 17.6. The standard InChI is InChI=1S/C21H22N2O2.C2HF3O2/c1-24-17-7-5-6-15(12-17)13-23-14-22-20(21(23)16-10-11-16)18-8-3-4-9-19(18)25-2;3-2(4,5)1(6)7/h3-9,12,14,16H,10-11,13H2,1-2H3;(H,6,7). The molecular weight excluding hydrogens is 425 g/mol. The Labute approximate surface area is 183 Å². The maximum atomic E-state index is 10.6. The largest absolute Gasteiger partial charge is 0.497 e. The van der Waals surface area contributed by atoms with Crippen LogP contribution in [0.25, 0.3) is 11.3 Å². The van der Waals surface area contributed by atoms with Crippen LogP contribution in [0.15, 0.2) is 54.9 Å². The van der Waals surface area contributed by atoms with Gasteiger partial charge in [0.15, 0.2) is 0 Å². The van der Waals surface area contributed by atoms with Crippen LogP contribution in [0.4, 0.5) is 13.2 Å². The predicted octanol–water partition coefficient (Wildman–Crippen LogP) is 5.13. The summed E-state index contributed by atoms with van der Waals surface area (Å²) in [6.07, 6.45) is -0.674. The Kier molecular flexibility index (Phi) is 7.07. The van der Waals surface area contributed by atoms with Crippen LogP contribution >= 0.6 is 0 Å². The Morgan fingerprint density at radius 1 is 1.12 bits per heavy atom. The fourth-order valence-electron chi connectivity index (χ4n) is 3.32. The van der Waals surface area contributed by atoms with Crippen LogP contribution in [0.1, 0.15) is 30.0 Å². The van der Waals surface area contributed by atoms with Gasteiger partial charge in [0, 0.05) is 23.7 Å². The third-order valence-electron chi connectivity index (χ3n) is 4.93. The number of carbonyl (C=O) groups is 1. The number of para-hydroxylation sites is 1. The highest BCUT2D eigenvalue weighted by molar-refractivity contribution is 5.73. The van der Waals surface area contributed by atoms with Crippen molar-refractivity contribution in [3.63, 3.8) is 0 Å². The summed E-state index contributed by atoms with van der Waals surface area (Å²) in [5.41, 5.74) is 4.64. The average molecular weight is 448 g/mol. The fraction of sp³-hybridized carbons (Fsp3) is 0.304. The van der Waals surface area contributed by atoms with Gasteiger partial charge in [0.1, 0.15) is 11.5 Å². The molecule has 0 unspecified atom stereocenters. The maximum absolute atomic E-state index is 10.6. The molecule has 1 saturated carbocycles. The molecule has 1 aromatic heterocycles. The molecule has 6 nitrogen and oxygen atoms in total. The summed E-state index contributed by atoms with van der Waals surface area (Å²) in [7, 11) is 3.41.